The molecule has 76 valence electrons. The van der Waals surface area contributed by atoms with Crippen molar-refractivity contribution in [3.63, 3.8) is 0 Å². The van der Waals surface area contributed by atoms with Crippen LogP contribution < -0.4 is 51.4 Å². The largest absolute Gasteiger partial charge is 1.00 e. The van der Waals surface area contributed by atoms with Crippen molar-refractivity contribution in [3.8, 4) is 0 Å². The average Bonchev–Trinajstić information content (AvgIpc) is 2.32. The molecule has 0 aliphatic carbocycles. The van der Waals surface area contributed by atoms with E-state index in [1.165, 1.54) is 19.7 Å². The van der Waals surface area contributed by atoms with Crippen LogP contribution in [0.2, 0.25) is 0 Å². The van der Waals surface area contributed by atoms with E-state index in [1.54, 1.807) is 0 Å². The molecule has 0 saturated heterocycles. The average molecular weight is 252 g/mol. The summed E-state index contributed by atoms with van der Waals surface area (Å²) in [5.74, 6) is 0. The standard InChI is InChI=1S/C14H14P.K/c1-3-7-13(8-4-1)11-15-12-14-9-5-2-6-10-14;/h1-10H,11-12H2;/q-1;+1. The summed E-state index contributed by atoms with van der Waals surface area (Å²) in [6.07, 6.45) is 2.30. The minimum atomic E-state index is 0. The van der Waals surface area contributed by atoms with Crippen molar-refractivity contribution in [1.82, 2.24) is 0 Å². The molecule has 0 amide bonds. The summed E-state index contributed by atoms with van der Waals surface area (Å²) in [4.78, 5) is 0. The predicted molar refractivity (Wildman–Crippen MR) is 67.2 cm³/mol. The van der Waals surface area contributed by atoms with Gasteiger partial charge in [0, 0.05) is 0 Å². The fraction of sp³-hybridized carbons (Fsp3) is 0.143. The summed E-state index contributed by atoms with van der Waals surface area (Å²) >= 11 is 0. The number of benzene rings is 2. The molecule has 2 aromatic carbocycles. The van der Waals surface area contributed by atoms with Crippen molar-refractivity contribution in [2.75, 3.05) is 0 Å². The van der Waals surface area contributed by atoms with Crippen LogP contribution in [0.4, 0.5) is 0 Å². The number of rotatable bonds is 4. The third-order valence-corrected chi connectivity index (χ3v) is 3.45. The Morgan fingerprint density at radius 2 is 1.00 bits per heavy atom. The van der Waals surface area contributed by atoms with Gasteiger partial charge >= 0.3 is 51.4 Å². The summed E-state index contributed by atoms with van der Waals surface area (Å²) in [5.41, 5.74) is 2.85. The van der Waals surface area contributed by atoms with Gasteiger partial charge in [-0.2, -0.15) is 12.3 Å². The SMILES string of the molecule is [K+].c1ccc(C[P-]Cc2ccccc2)cc1. The minimum Gasteiger partial charge on any atom is -0.530 e. The van der Waals surface area contributed by atoms with E-state index in [4.69, 9.17) is 0 Å². The molecular formula is C14H14KP. The van der Waals surface area contributed by atoms with Gasteiger partial charge in [0.05, 0.1) is 0 Å². The van der Waals surface area contributed by atoms with Gasteiger partial charge in [0.2, 0.25) is 0 Å². The van der Waals surface area contributed by atoms with E-state index in [9.17, 15) is 0 Å². The Morgan fingerprint density at radius 1 is 0.625 bits per heavy atom. The van der Waals surface area contributed by atoms with Gasteiger partial charge < -0.3 is 8.58 Å². The number of hydrogen-bond acceptors (Lipinski definition) is 0. The van der Waals surface area contributed by atoms with Crippen LogP contribution in [0.15, 0.2) is 60.7 Å². The molecule has 0 N–H and O–H groups in total. The third-order valence-electron chi connectivity index (χ3n) is 2.27. The normalized spacial score (nSPS) is 9.50. The molecule has 0 unspecified atom stereocenters. The van der Waals surface area contributed by atoms with E-state index in [0.717, 1.165) is 12.3 Å². The van der Waals surface area contributed by atoms with Crippen LogP contribution in [0.5, 0.6) is 0 Å². The van der Waals surface area contributed by atoms with Gasteiger partial charge in [-0.15, -0.1) is 0 Å². The van der Waals surface area contributed by atoms with Crippen molar-refractivity contribution >= 4 is 8.58 Å². The van der Waals surface area contributed by atoms with E-state index in [2.05, 4.69) is 60.7 Å². The van der Waals surface area contributed by atoms with Crippen LogP contribution in [0.1, 0.15) is 11.1 Å². The predicted octanol–water partition coefficient (Wildman–Crippen LogP) is 1.34. The molecule has 16 heavy (non-hydrogen) atoms. The molecule has 0 fully saturated rings. The Bertz CT molecular complexity index is 346. The van der Waals surface area contributed by atoms with E-state index in [-0.39, 0.29) is 51.4 Å². The molecule has 0 spiro atoms. The van der Waals surface area contributed by atoms with Crippen LogP contribution in [0.3, 0.4) is 0 Å². The van der Waals surface area contributed by atoms with Crippen molar-refractivity contribution in [1.29, 1.82) is 0 Å². The Labute approximate surface area is 142 Å². The molecule has 0 saturated carbocycles. The van der Waals surface area contributed by atoms with Gasteiger partial charge in [-0.05, 0) is 0 Å². The fourth-order valence-corrected chi connectivity index (χ4v) is 2.53. The maximum atomic E-state index is 2.19. The van der Waals surface area contributed by atoms with E-state index in [1.807, 2.05) is 0 Å². The van der Waals surface area contributed by atoms with Crippen molar-refractivity contribution < 1.29 is 51.4 Å². The van der Waals surface area contributed by atoms with Gasteiger partial charge in [0.1, 0.15) is 0 Å². The van der Waals surface area contributed by atoms with E-state index >= 15 is 0 Å². The smallest absolute Gasteiger partial charge is 0.530 e. The Morgan fingerprint density at radius 3 is 1.38 bits per heavy atom. The van der Waals surface area contributed by atoms with Crippen molar-refractivity contribution in [2.45, 2.75) is 12.3 Å². The first-order chi connectivity index (χ1) is 7.45. The molecule has 2 rings (SSSR count). The minimum absolute atomic E-state index is 0. The van der Waals surface area contributed by atoms with Crippen molar-refractivity contribution in [3.05, 3.63) is 71.8 Å². The molecule has 2 aromatic rings. The topological polar surface area (TPSA) is 0 Å². The molecule has 0 atom stereocenters. The van der Waals surface area contributed by atoms with Crippen LogP contribution in [-0.4, -0.2) is 0 Å². The second-order valence-corrected chi connectivity index (χ2v) is 4.59. The van der Waals surface area contributed by atoms with Gasteiger partial charge in [0.15, 0.2) is 0 Å². The van der Waals surface area contributed by atoms with Gasteiger partial charge in [-0.3, -0.25) is 0 Å². The fourth-order valence-electron chi connectivity index (χ4n) is 1.48. The second kappa shape index (κ2) is 8.58. The van der Waals surface area contributed by atoms with Crippen LogP contribution in [-0.2, 0) is 12.3 Å². The van der Waals surface area contributed by atoms with Gasteiger partial charge in [-0.1, -0.05) is 71.8 Å². The molecule has 0 aliphatic rings. The molecule has 0 heterocycles. The first-order valence-electron chi connectivity index (χ1n) is 5.16. The summed E-state index contributed by atoms with van der Waals surface area (Å²) in [5, 5.41) is 0. The number of hydrogen-bond donors (Lipinski definition) is 0. The van der Waals surface area contributed by atoms with Crippen LogP contribution in [0, 0.1) is 0 Å². The maximum absolute atomic E-state index is 2.19. The molecule has 0 aromatic heterocycles. The monoisotopic (exact) mass is 252 g/mol. The van der Waals surface area contributed by atoms with Gasteiger partial charge in [-0.25, -0.2) is 0 Å². The zero-order chi connectivity index (χ0) is 10.3. The van der Waals surface area contributed by atoms with Gasteiger partial charge in [0.25, 0.3) is 0 Å². The first kappa shape index (κ1) is 14.6. The van der Waals surface area contributed by atoms with E-state index < -0.39 is 0 Å². The third kappa shape index (κ3) is 5.22. The van der Waals surface area contributed by atoms with Crippen LogP contribution >= 0.6 is 8.58 Å². The Balaban J connectivity index is 0.00000128. The quantitative estimate of drug-likeness (QED) is 0.569. The zero-order valence-electron chi connectivity index (χ0n) is 9.63. The molecular weight excluding hydrogens is 238 g/mol. The molecule has 0 nitrogen and oxygen atoms in total. The Kier molecular flexibility index (Phi) is 7.81. The summed E-state index contributed by atoms with van der Waals surface area (Å²) in [6.45, 7) is 0. The molecule has 2 heteroatoms. The summed E-state index contributed by atoms with van der Waals surface area (Å²) in [6, 6.07) is 21.3. The molecule has 0 radical (unpaired) electrons. The molecule has 0 aliphatic heterocycles. The zero-order valence-corrected chi connectivity index (χ0v) is 13.7. The van der Waals surface area contributed by atoms with Crippen molar-refractivity contribution in [2.24, 2.45) is 0 Å². The first-order valence-corrected chi connectivity index (χ1v) is 6.43. The molecule has 0 bridgehead atoms. The second-order valence-electron chi connectivity index (χ2n) is 3.51. The maximum Gasteiger partial charge on any atom is 1.00 e. The van der Waals surface area contributed by atoms with E-state index in [0.29, 0.717) is 0 Å². The van der Waals surface area contributed by atoms with Crippen LogP contribution in [0.25, 0.3) is 0 Å². The summed E-state index contributed by atoms with van der Waals surface area (Å²) in [7, 11) is 1.47. The summed E-state index contributed by atoms with van der Waals surface area (Å²) < 4.78 is 0. The Hall–Kier alpha value is 0.506.